The first-order chi connectivity index (χ1) is 7.29. The van der Waals surface area contributed by atoms with Crippen molar-refractivity contribution >= 4 is 5.69 Å². The quantitative estimate of drug-likeness (QED) is 0.764. The average Bonchev–Trinajstić information content (AvgIpc) is 2.73. The van der Waals surface area contributed by atoms with Crippen LogP contribution in [0.15, 0.2) is 18.2 Å². The molecule has 1 unspecified atom stereocenters. The highest BCUT2D eigenvalue weighted by Crippen LogP contribution is 2.18. The molecule has 0 aliphatic carbocycles. The number of anilines is 1. The second kappa shape index (κ2) is 4.33. The lowest BCUT2D eigenvalue weighted by Gasteiger charge is -2.14. The monoisotopic (exact) mass is 201 g/mol. The van der Waals surface area contributed by atoms with Gasteiger partial charge in [0.1, 0.15) is 6.07 Å². The number of aryl methyl sites for hydroxylation is 1. The molecule has 78 valence electrons. The van der Waals surface area contributed by atoms with E-state index in [0.717, 1.165) is 36.3 Å². The number of nitrogens with one attached hydrogen (secondary N) is 2. The van der Waals surface area contributed by atoms with Gasteiger partial charge in [-0.15, -0.1) is 0 Å². The number of benzene rings is 1. The average molecular weight is 201 g/mol. The normalized spacial score (nSPS) is 19.9. The molecule has 2 N–H and O–H groups in total. The maximum Gasteiger partial charge on any atom is 0.101 e. The van der Waals surface area contributed by atoms with E-state index in [1.807, 2.05) is 25.1 Å². The Kier molecular flexibility index (Phi) is 2.89. The van der Waals surface area contributed by atoms with Gasteiger partial charge in [-0.1, -0.05) is 6.07 Å². The predicted molar refractivity (Wildman–Crippen MR) is 60.8 cm³/mol. The zero-order valence-corrected chi connectivity index (χ0v) is 8.88. The number of rotatable bonds is 2. The first kappa shape index (κ1) is 10.0. The van der Waals surface area contributed by atoms with Crippen LogP contribution in [0.2, 0.25) is 0 Å². The molecule has 2 rings (SSSR count). The minimum Gasteiger partial charge on any atom is -0.380 e. The van der Waals surface area contributed by atoms with Gasteiger partial charge in [0.15, 0.2) is 0 Å². The summed E-state index contributed by atoms with van der Waals surface area (Å²) in [6, 6.07) is 8.63. The number of nitriles is 1. The molecule has 1 aliphatic rings. The Balaban J connectivity index is 2.16. The Morgan fingerprint density at radius 2 is 2.40 bits per heavy atom. The van der Waals surface area contributed by atoms with Gasteiger partial charge in [-0.2, -0.15) is 5.26 Å². The van der Waals surface area contributed by atoms with Crippen molar-refractivity contribution < 1.29 is 0 Å². The minimum atomic E-state index is 0.458. The molecule has 0 bridgehead atoms. The number of nitrogens with zero attached hydrogens (tertiary/aromatic N) is 1. The van der Waals surface area contributed by atoms with Crippen LogP contribution in [0.5, 0.6) is 0 Å². The smallest absolute Gasteiger partial charge is 0.101 e. The van der Waals surface area contributed by atoms with Gasteiger partial charge in [-0.25, -0.2) is 0 Å². The van der Waals surface area contributed by atoms with E-state index in [1.54, 1.807) is 0 Å². The van der Waals surface area contributed by atoms with Gasteiger partial charge < -0.3 is 10.6 Å². The van der Waals surface area contributed by atoms with Crippen LogP contribution in [0.25, 0.3) is 0 Å². The summed E-state index contributed by atoms with van der Waals surface area (Å²) in [7, 11) is 0. The van der Waals surface area contributed by atoms with Crippen LogP contribution in [0, 0.1) is 18.3 Å². The van der Waals surface area contributed by atoms with Gasteiger partial charge in [0.25, 0.3) is 0 Å². The van der Waals surface area contributed by atoms with E-state index in [1.165, 1.54) is 0 Å². The Morgan fingerprint density at radius 1 is 1.53 bits per heavy atom. The fourth-order valence-electron chi connectivity index (χ4n) is 1.87. The van der Waals surface area contributed by atoms with Crippen molar-refractivity contribution in [2.75, 3.05) is 18.4 Å². The second-order valence-corrected chi connectivity index (χ2v) is 3.99. The van der Waals surface area contributed by atoms with Crippen LogP contribution >= 0.6 is 0 Å². The number of hydrogen-bond donors (Lipinski definition) is 2. The molecule has 0 aromatic heterocycles. The van der Waals surface area contributed by atoms with Gasteiger partial charge in [0.05, 0.1) is 11.3 Å². The summed E-state index contributed by atoms with van der Waals surface area (Å²) in [5.41, 5.74) is 2.82. The largest absolute Gasteiger partial charge is 0.380 e. The maximum absolute atomic E-state index is 9.01. The summed E-state index contributed by atoms with van der Waals surface area (Å²) in [5.74, 6) is 0. The summed E-state index contributed by atoms with van der Waals surface area (Å²) in [5, 5.41) is 15.7. The molecule has 1 fully saturated rings. The highest BCUT2D eigenvalue weighted by molar-refractivity contribution is 5.59. The Morgan fingerprint density at radius 3 is 3.07 bits per heavy atom. The summed E-state index contributed by atoms with van der Waals surface area (Å²) in [4.78, 5) is 0. The molecule has 0 amide bonds. The van der Waals surface area contributed by atoms with Crippen LogP contribution < -0.4 is 10.6 Å². The van der Waals surface area contributed by atoms with Crippen LogP contribution in [-0.2, 0) is 0 Å². The third kappa shape index (κ3) is 2.28. The lowest BCUT2D eigenvalue weighted by Crippen LogP contribution is -2.22. The molecule has 0 spiro atoms. The highest BCUT2D eigenvalue weighted by atomic mass is 15.0. The first-order valence-corrected chi connectivity index (χ1v) is 5.27. The van der Waals surface area contributed by atoms with Crippen LogP contribution in [-0.4, -0.2) is 19.1 Å². The second-order valence-electron chi connectivity index (χ2n) is 3.99. The molecule has 1 heterocycles. The topological polar surface area (TPSA) is 47.8 Å². The Labute approximate surface area is 90.1 Å². The van der Waals surface area contributed by atoms with Gasteiger partial charge in [0.2, 0.25) is 0 Å². The highest BCUT2D eigenvalue weighted by Gasteiger charge is 2.15. The zero-order valence-electron chi connectivity index (χ0n) is 8.88. The van der Waals surface area contributed by atoms with Crippen molar-refractivity contribution in [2.45, 2.75) is 19.4 Å². The van der Waals surface area contributed by atoms with E-state index < -0.39 is 0 Å². The standard InChI is InChI=1S/C12H15N3/c1-9-2-3-12(10(6-9)7-13)15-11-4-5-14-8-11/h2-3,6,11,14-15H,4-5,8H2,1H3. The third-order valence-electron chi connectivity index (χ3n) is 2.72. The minimum absolute atomic E-state index is 0.458. The Bertz CT molecular complexity index is 386. The number of hydrogen-bond acceptors (Lipinski definition) is 3. The molecule has 1 aromatic rings. The molecular formula is C12H15N3. The van der Waals surface area contributed by atoms with Crippen LogP contribution in [0.4, 0.5) is 5.69 Å². The first-order valence-electron chi connectivity index (χ1n) is 5.27. The Hall–Kier alpha value is -1.53. The van der Waals surface area contributed by atoms with Crippen molar-refractivity contribution in [3.8, 4) is 6.07 Å². The predicted octanol–water partition coefficient (Wildman–Crippen LogP) is 1.64. The molecule has 3 heteroatoms. The molecule has 1 aliphatic heterocycles. The van der Waals surface area contributed by atoms with Crippen molar-refractivity contribution in [3.05, 3.63) is 29.3 Å². The molecule has 0 saturated carbocycles. The van der Waals surface area contributed by atoms with Crippen molar-refractivity contribution in [3.63, 3.8) is 0 Å². The van der Waals surface area contributed by atoms with E-state index >= 15 is 0 Å². The third-order valence-corrected chi connectivity index (χ3v) is 2.72. The van der Waals surface area contributed by atoms with Gasteiger partial charge in [-0.05, 0) is 37.6 Å². The molecule has 0 radical (unpaired) electrons. The van der Waals surface area contributed by atoms with E-state index in [-0.39, 0.29) is 0 Å². The lowest BCUT2D eigenvalue weighted by atomic mass is 10.1. The zero-order chi connectivity index (χ0) is 10.7. The SMILES string of the molecule is Cc1ccc(NC2CCNC2)c(C#N)c1. The molecule has 1 aromatic carbocycles. The fraction of sp³-hybridized carbons (Fsp3) is 0.417. The summed E-state index contributed by atoms with van der Waals surface area (Å²) in [6.45, 7) is 4.05. The van der Waals surface area contributed by atoms with E-state index in [9.17, 15) is 0 Å². The molecular weight excluding hydrogens is 186 g/mol. The van der Waals surface area contributed by atoms with E-state index in [0.29, 0.717) is 6.04 Å². The van der Waals surface area contributed by atoms with Gasteiger partial charge >= 0.3 is 0 Å². The van der Waals surface area contributed by atoms with E-state index in [2.05, 4.69) is 16.7 Å². The maximum atomic E-state index is 9.01. The van der Waals surface area contributed by atoms with Crippen molar-refractivity contribution in [2.24, 2.45) is 0 Å². The van der Waals surface area contributed by atoms with Crippen LogP contribution in [0.3, 0.4) is 0 Å². The van der Waals surface area contributed by atoms with Crippen molar-refractivity contribution in [1.82, 2.24) is 5.32 Å². The fourth-order valence-corrected chi connectivity index (χ4v) is 1.87. The summed E-state index contributed by atoms with van der Waals surface area (Å²) in [6.07, 6.45) is 1.12. The van der Waals surface area contributed by atoms with Crippen LogP contribution in [0.1, 0.15) is 17.5 Å². The summed E-state index contributed by atoms with van der Waals surface area (Å²) >= 11 is 0. The molecule has 3 nitrogen and oxygen atoms in total. The summed E-state index contributed by atoms with van der Waals surface area (Å²) < 4.78 is 0. The molecule has 1 saturated heterocycles. The van der Waals surface area contributed by atoms with Gasteiger partial charge in [0, 0.05) is 12.6 Å². The molecule has 15 heavy (non-hydrogen) atoms. The van der Waals surface area contributed by atoms with E-state index in [4.69, 9.17) is 5.26 Å². The van der Waals surface area contributed by atoms with Crippen molar-refractivity contribution in [1.29, 1.82) is 5.26 Å². The lowest BCUT2D eigenvalue weighted by molar-refractivity contribution is 0.793. The van der Waals surface area contributed by atoms with Gasteiger partial charge in [-0.3, -0.25) is 0 Å². The molecule has 1 atom stereocenters.